The van der Waals surface area contributed by atoms with Crippen LogP contribution < -0.4 is 5.32 Å². The van der Waals surface area contributed by atoms with E-state index in [4.69, 9.17) is 9.73 Å². The second kappa shape index (κ2) is 9.87. The molecule has 6 nitrogen and oxygen atoms in total. The molecule has 0 aromatic rings. The molecule has 0 aliphatic carbocycles. The van der Waals surface area contributed by atoms with Gasteiger partial charge < -0.3 is 15.0 Å². The van der Waals surface area contributed by atoms with Crippen molar-refractivity contribution in [2.45, 2.75) is 53.6 Å². The van der Waals surface area contributed by atoms with Crippen molar-refractivity contribution in [2.75, 3.05) is 39.8 Å². The average molecular weight is 341 g/mol. The molecule has 6 heteroatoms. The van der Waals surface area contributed by atoms with Gasteiger partial charge in [-0.3, -0.25) is 14.7 Å². The van der Waals surface area contributed by atoms with Gasteiger partial charge in [-0.25, -0.2) is 0 Å². The molecular formula is C18H36N4O2. The minimum Gasteiger partial charge on any atom is -0.469 e. The molecule has 24 heavy (non-hydrogen) atoms. The predicted octanol–water partition coefficient (Wildman–Crippen LogP) is 1.81. The van der Waals surface area contributed by atoms with Gasteiger partial charge in [-0.1, -0.05) is 6.92 Å². The van der Waals surface area contributed by atoms with Gasteiger partial charge in [0.15, 0.2) is 5.96 Å². The largest absolute Gasteiger partial charge is 0.469 e. The third-order valence-corrected chi connectivity index (χ3v) is 4.70. The van der Waals surface area contributed by atoms with Crippen LogP contribution in [0.2, 0.25) is 0 Å². The van der Waals surface area contributed by atoms with Crippen molar-refractivity contribution in [3.63, 3.8) is 0 Å². The first-order valence-corrected chi connectivity index (χ1v) is 9.18. The zero-order valence-electron chi connectivity index (χ0n) is 16.5. The van der Waals surface area contributed by atoms with E-state index in [0.717, 1.165) is 32.1 Å². The molecule has 0 bridgehead atoms. The van der Waals surface area contributed by atoms with Crippen LogP contribution in [0.25, 0.3) is 0 Å². The van der Waals surface area contributed by atoms with Gasteiger partial charge in [0.05, 0.1) is 19.6 Å². The van der Waals surface area contributed by atoms with Crippen LogP contribution >= 0.6 is 0 Å². The summed E-state index contributed by atoms with van der Waals surface area (Å²) in [4.78, 5) is 21.3. The number of ether oxygens (including phenoxy) is 1. The van der Waals surface area contributed by atoms with Crippen molar-refractivity contribution in [2.24, 2.45) is 16.8 Å². The van der Waals surface area contributed by atoms with Gasteiger partial charge in [0.25, 0.3) is 0 Å². The quantitative estimate of drug-likeness (QED) is 0.435. The van der Waals surface area contributed by atoms with E-state index in [2.05, 4.69) is 56.7 Å². The third-order valence-electron chi connectivity index (χ3n) is 4.70. The van der Waals surface area contributed by atoms with Gasteiger partial charge in [-0.05, 0) is 40.5 Å². The van der Waals surface area contributed by atoms with Crippen LogP contribution in [-0.2, 0) is 9.53 Å². The number of guanidine groups is 1. The number of carbonyl (C=O) groups is 1. The number of methoxy groups -OCH3 is 1. The Morgan fingerprint density at radius 1 is 1.29 bits per heavy atom. The molecule has 1 N–H and O–H groups in total. The highest BCUT2D eigenvalue weighted by molar-refractivity contribution is 5.82. The number of likely N-dealkylation sites (tertiary alicyclic amines) is 1. The van der Waals surface area contributed by atoms with E-state index < -0.39 is 0 Å². The number of nitrogens with zero attached hydrogens (tertiary/aromatic N) is 3. The molecule has 140 valence electrons. The number of nitrogens with one attached hydrogen (secondary N) is 1. The molecule has 0 amide bonds. The number of aliphatic imine (C=N–C) groups is 1. The van der Waals surface area contributed by atoms with Crippen molar-refractivity contribution >= 4 is 11.9 Å². The molecule has 2 atom stereocenters. The lowest BCUT2D eigenvalue weighted by Gasteiger charge is -2.30. The first kappa shape index (κ1) is 20.7. The van der Waals surface area contributed by atoms with E-state index in [-0.39, 0.29) is 17.8 Å². The summed E-state index contributed by atoms with van der Waals surface area (Å²) in [5.74, 6) is 1.00. The van der Waals surface area contributed by atoms with Crippen molar-refractivity contribution in [1.29, 1.82) is 0 Å². The van der Waals surface area contributed by atoms with Crippen LogP contribution in [0, 0.1) is 11.8 Å². The van der Waals surface area contributed by atoms with Crippen molar-refractivity contribution in [1.82, 2.24) is 15.1 Å². The summed E-state index contributed by atoms with van der Waals surface area (Å²) in [5.41, 5.74) is 0. The summed E-state index contributed by atoms with van der Waals surface area (Å²) in [5, 5.41) is 3.36. The van der Waals surface area contributed by atoms with E-state index in [9.17, 15) is 4.79 Å². The highest BCUT2D eigenvalue weighted by Gasteiger charge is 2.36. The Morgan fingerprint density at radius 3 is 2.42 bits per heavy atom. The Balaban J connectivity index is 2.71. The van der Waals surface area contributed by atoms with Crippen LogP contribution in [0.5, 0.6) is 0 Å². The number of hydrogen-bond donors (Lipinski definition) is 1. The fourth-order valence-corrected chi connectivity index (χ4v) is 3.41. The Labute approximate surface area is 147 Å². The minimum atomic E-state index is -0.119. The summed E-state index contributed by atoms with van der Waals surface area (Å²) in [6, 6.07) is 1.02. The third kappa shape index (κ3) is 5.65. The molecule has 0 aromatic carbocycles. The first-order chi connectivity index (χ1) is 11.3. The molecule has 0 radical (unpaired) electrons. The van der Waals surface area contributed by atoms with E-state index >= 15 is 0 Å². The number of hydrogen-bond acceptors (Lipinski definition) is 4. The van der Waals surface area contributed by atoms with Crippen LogP contribution in [0.3, 0.4) is 0 Å². The molecule has 1 aliphatic rings. The molecule has 1 heterocycles. The molecule has 0 saturated carbocycles. The fraction of sp³-hybridized carbons (Fsp3) is 0.889. The summed E-state index contributed by atoms with van der Waals surface area (Å²) in [7, 11) is 1.46. The molecular weight excluding hydrogens is 304 g/mol. The maximum atomic E-state index is 11.9. The minimum absolute atomic E-state index is 0.0679. The predicted molar refractivity (Wildman–Crippen MR) is 99.2 cm³/mol. The topological polar surface area (TPSA) is 57.2 Å². The second-order valence-corrected chi connectivity index (χ2v) is 7.17. The first-order valence-electron chi connectivity index (χ1n) is 9.18. The van der Waals surface area contributed by atoms with Gasteiger partial charge in [0, 0.05) is 38.3 Å². The average Bonchev–Trinajstić information content (AvgIpc) is 2.90. The Kier molecular flexibility index (Phi) is 8.53. The van der Waals surface area contributed by atoms with Crippen LogP contribution in [-0.4, -0.2) is 73.6 Å². The number of carbonyl (C=O) groups excluding carboxylic acids is 1. The maximum absolute atomic E-state index is 11.9. The maximum Gasteiger partial charge on any atom is 0.310 e. The van der Waals surface area contributed by atoms with Crippen LogP contribution in [0.1, 0.15) is 41.5 Å². The zero-order chi connectivity index (χ0) is 18.3. The highest BCUT2D eigenvalue weighted by Crippen LogP contribution is 2.24. The summed E-state index contributed by atoms with van der Waals surface area (Å²) in [6.07, 6.45) is 0. The normalized spacial score (nSPS) is 21.9. The monoisotopic (exact) mass is 340 g/mol. The molecule has 0 aromatic heterocycles. The molecule has 0 spiro atoms. The summed E-state index contributed by atoms with van der Waals surface area (Å²) < 4.78 is 4.93. The molecule has 1 aliphatic heterocycles. The van der Waals surface area contributed by atoms with Crippen LogP contribution in [0.4, 0.5) is 0 Å². The van der Waals surface area contributed by atoms with Gasteiger partial charge in [0.1, 0.15) is 0 Å². The molecule has 2 unspecified atom stereocenters. The van der Waals surface area contributed by atoms with Gasteiger partial charge in [-0.15, -0.1) is 0 Å². The van der Waals surface area contributed by atoms with E-state index in [1.165, 1.54) is 7.11 Å². The Hall–Kier alpha value is -1.30. The second-order valence-electron chi connectivity index (χ2n) is 7.17. The SMILES string of the molecule is CCNC(=NCCN(C(C)C)C(C)C)N1CC(C)C(C(=O)OC)C1. The standard InChI is InChI=1S/C18H36N4O2/c1-8-19-18(20-9-10-22(13(2)3)14(4)5)21-11-15(6)16(12-21)17(23)24-7/h13-16H,8-12H2,1-7H3,(H,19,20). The van der Waals surface area contributed by atoms with Crippen molar-refractivity contribution in [3.05, 3.63) is 0 Å². The summed E-state index contributed by atoms with van der Waals surface area (Å²) >= 11 is 0. The molecule has 1 saturated heterocycles. The molecule has 1 fully saturated rings. The van der Waals surface area contributed by atoms with Gasteiger partial charge >= 0.3 is 5.97 Å². The van der Waals surface area contributed by atoms with Gasteiger partial charge in [0.2, 0.25) is 0 Å². The van der Waals surface area contributed by atoms with Gasteiger partial charge in [-0.2, -0.15) is 0 Å². The fourth-order valence-electron chi connectivity index (χ4n) is 3.41. The highest BCUT2D eigenvalue weighted by atomic mass is 16.5. The van der Waals surface area contributed by atoms with E-state index in [0.29, 0.717) is 18.6 Å². The van der Waals surface area contributed by atoms with Crippen molar-refractivity contribution < 1.29 is 9.53 Å². The number of esters is 1. The van der Waals surface area contributed by atoms with Crippen LogP contribution in [0.15, 0.2) is 4.99 Å². The molecule has 1 rings (SSSR count). The lowest BCUT2D eigenvalue weighted by molar-refractivity contribution is -0.145. The number of rotatable bonds is 7. The summed E-state index contributed by atoms with van der Waals surface area (Å²) in [6.45, 7) is 17.1. The lowest BCUT2D eigenvalue weighted by atomic mass is 9.99. The van der Waals surface area contributed by atoms with Crippen molar-refractivity contribution in [3.8, 4) is 0 Å². The lowest BCUT2D eigenvalue weighted by Crippen LogP contribution is -2.42. The smallest absolute Gasteiger partial charge is 0.310 e. The van der Waals surface area contributed by atoms with E-state index in [1.807, 2.05) is 0 Å². The zero-order valence-corrected chi connectivity index (χ0v) is 16.5. The Bertz CT molecular complexity index is 415. The Morgan fingerprint density at radius 2 is 1.92 bits per heavy atom. The van der Waals surface area contributed by atoms with E-state index in [1.54, 1.807) is 0 Å².